The van der Waals surface area contributed by atoms with Gasteiger partial charge in [-0.3, -0.25) is 0 Å². The van der Waals surface area contributed by atoms with Gasteiger partial charge in [0.2, 0.25) is 0 Å². The van der Waals surface area contributed by atoms with E-state index in [1.165, 1.54) is 0 Å². The molecule has 0 spiro atoms. The van der Waals surface area contributed by atoms with Crippen molar-refractivity contribution in [3.63, 3.8) is 0 Å². The molecule has 2 rings (SSSR count). The predicted octanol–water partition coefficient (Wildman–Crippen LogP) is 3.04. The molecule has 0 bridgehead atoms. The normalized spacial score (nSPS) is 18.9. The summed E-state index contributed by atoms with van der Waals surface area (Å²) in [5, 5.41) is 9.83. The molecule has 90 valence electrons. The fourth-order valence-electron chi connectivity index (χ4n) is 2.23. The van der Waals surface area contributed by atoms with E-state index in [2.05, 4.69) is 6.07 Å². The molecule has 1 aromatic carbocycles. The van der Waals surface area contributed by atoms with Gasteiger partial charge in [-0.05, 0) is 30.5 Å². The highest BCUT2D eigenvalue weighted by Gasteiger charge is 2.44. The van der Waals surface area contributed by atoms with Crippen LogP contribution in [0, 0.1) is 16.7 Å². The fourth-order valence-corrected chi connectivity index (χ4v) is 2.52. The van der Waals surface area contributed by atoms with Crippen molar-refractivity contribution < 1.29 is 4.74 Å². The van der Waals surface area contributed by atoms with Crippen molar-refractivity contribution in [2.24, 2.45) is 11.1 Å². The lowest BCUT2D eigenvalue weighted by atomic mass is 9.64. The second-order valence-corrected chi connectivity index (χ2v) is 4.89. The number of hydrogen-bond donors (Lipinski definition) is 1. The molecule has 1 saturated carbocycles. The van der Waals surface area contributed by atoms with Crippen LogP contribution in [0.5, 0.6) is 5.75 Å². The summed E-state index contributed by atoms with van der Waals surface area (Å²) in [6.07, 6.45) is 2.77. The van der Waals surface area contributed by atoms with Crippen molar-refractivity contribution in [3.05, 3.63) is 28.8 Å². The van der Waals surface area contributed by atoms with Gasteiger partial charge in [0.15, 0.2) is 0 Å². The molecule has 1 fully saturated rings. The van der Waals surface area contributed by atoms with Crippen LogP contribution in [0.15, 0.2) is 18.2 Å². The van der Waals surface area contributed by atoms with Gasteiger partial charge in [0, 0.05) is 11.1 Å². The fraction of sp³-hybridized carbons (Fsp3) is 0.462. The van der Waals surface area contributed by atoms with Crippen LogP contribution in [0.4, 0.5) is 0 Å². The van der Waals surface area contributed by atoms with E-state index in [-0.39, 0.29) is 6.04 Å². The summed E-state index contributed by atoms with van der Waals surface area (Å²) in [7, 11) is 1.59. The Morgan fingerprint density at radius 1 is 1.53 bits per heavy atom. The molecule has 1 atom stereocenters. The molecule has 0 heterocycles. The summed E-state index contributed by atoms with van der Waals surface area (Å²) in [5.74, 6) is 0.700. The summed E-state index contributed by atoms with van der Waals surface area (Å²) < 4.78 is 5.09. The largest absolute Gasteiger partial charge is 0.497 e. The number of nitrogens with zero attached hydrogens (tertiary/aromatic N) is 1. The first-order valence-corrected chi connectivity index (χ1v) is 6.01. The number of rotatable bonds is 3. The zero-order valence-corrected chi connectivity index (χ0v) is 10.5. The summed E-state index contributed by atoms with van der Waals surface area (Å²) in [6, 6.07) is 7.45. The van der Waals surface area contributed by atoms with Crippen LogP contribution in [-0.2, 0) is 0 Å². The van der Waals surface area contributed by atoms with Gasteiger partial charge < -0.3 is 10.5 Å². The molecular weight excluding hydrogens is 236 g/mol. The molecule has 0 amide bonds. The monoisotopic (exact) mass is 250 g/mol. The average Bonchev–Trinajstić information content (AvgIpc) is 2.28. The van der Waals surface area contributed by atoms with E-state index in [9.17, 15) is 5.26 Å². The zero-order valence-electron chi connectivity index (χ0n) is 9.74. The highest BCUT2D eigenvalue weighted by Crippen LogP contribution is 2.49. The van der Waals surface area contributed by atoms with E-state index in [4.69, 9.17) is 22.1 Å². The summed E-state index contributed by atoms with van der Waals surface area (Å²) >= 11 is 6.18. The first kappa shape index (κ1) is 12.2. The first-order chi connectivity index (χ1) is 8.13. The molecule has 1 aliphatic rings. The topological polar surface area (TPSA) is 59.0 Å². The molecular formula is C13H15ClN2O. The van der Waals surface area contributed by atoms with Crippen LogP contribution < -0.4 is 10.5 Å². The van der Waals surface area contributed by atoms with Crippen molar-refractivity contribution in [1.29, 1.82) is 5.26 Å². The Morgan fingerprint density at radius 3 is 2.65 bits per heavy atom. The minimum Gasteiger partial charge on any atom is -0.497 e. The highest BCUT2D eigenvalue weighted by molar-refractivity contribution is 6.31. The van der Waals surface area contributed by atoms with E-state index < -0.39 is 5.41 Å². The van der Waals surface area contributed by atoms with Crippen LogP contribution in [0.3, 0.4) is 0 Å². The Balaban J connectivity index is 2.31. The van der Waals surface area contributed by atoms with Crippen LogP contribution in [0.1, 0.15) is 30.9 Å². The number of halogens is 1. The number of nitriles is 1. The van der Waals surface area contributed by atoms with Gasteiger partial charge in [-0.25, -0.2) is 0 Å². The minimum absolute atomic E-state index is 0.320. The van der Waals surface area contributed by atoms with Gasteiger partial charge in [-0.15, -0.1) is 0 Å². The van der Waals surface area contributed by atoms with Gasteiger partial charge in [0.05, 0.1) is 18.6 Å². The van der Waals surface area contributed by atoms with E-state index in [1.54, 1.807) is 13.2 Å². The van der Waals surface area contributed by atoms with Crippen molar-refractivity contribution in [1.82, 2.24) is 0 Å². The third-order valence-corrected chi connectivity index (χ3v) is 3.93. The number of methoxy groups -OCH3 is 1. The molecule has 0 radical (unpaired) electrons. The highest BCUT2D eigenvalue weighted by atomic mass is 35.5. The number of hydrogen-bond acceptors (Lipinski definition) is 3. The first-order valence-electron chi connectivity index (χ1n) is 5.63. The third kappa shape index (κ3) is 1.99. The SMILES string of the molecule is COc1ccc(C(N)C2(C#N)CCC2)c(Cl)c1. The maximum Gasteiger partial charge on any atom is 0.120 e. The molecule has 0 aromatic heterocycles. The van der Waals surface area contributed by atoms with E-state index in [0.29, 0.717) is 10.8 Å². The molecule has 1 unspecified atom stereocenters. The van der Waals surface area contributed by atoms with Crippen molar-refractivity contribution in [2.45, 2.75) is 25.3 Å². The predicted molar refractivity (Wildman–Crippen MR) is 66.8 cm³/mol. The van der Waals surface area contributed by atoms with E-state index in [0.717, 1.165) is 24.8 Å². The van der Waals surface area contributed by atoms with Crippen molar-refractivity contribution >= 4 is 11.6 Å². The lowest BCUT2D eigenvalue weighted by molar-refractivity contribution is 0.169. The van der Waals surface area contributed by atoms with Crippen LogP contribution in [0.25, 0.3) is 0 Å². The molecule has 0 aliphatic heterocycles. The summed E-state index contributed by atoms with van der Waals surface area (Å²) in [6.45, 7) is 0. The molecule has 1 aromatic rings. The smallest absolute Gasteiger partial charge is 0.120 e. The van der Waals surface area contributed by atoms with Crippen molar-refractivity contribution in [3.8, 4) is 11.8 Å². The third-order valence-electron chi connectivity index (χ3n) is 3.61. The molecule has 3 nitrogen and oxygen atoms in total. The van der Waals surface area contributed by atoms with Gasteiger partial charge in [-0.1, -0.05) is 24.1 Å². The standard InChI is InChI=1S/C13H15ClN2O/c1-17-9-3-4-10(11(14)7-9)12(16)13(8-15)5-2-6-13/h3-4,7,12H,2,5-6,16H2,1H3. The quantitative estimate of drug-likeness (QED) is 0.897. The Kier molecular flexibility index (Phi) is 3.28. The number of benzene rings is 1. The maximum absolute atomic E-state index is 9.26. The van der Waals surface area contributed by atoms with E-state index in [1.807, 2.05) is 12.1 Å². The Bertz CT molecular complexity index is 463. The lowest BCUT2D eigenvalue weighted by Gasteiger charge is -2.40. The Morgan fingerprint density at radius 2 is 2.24 bits per heavy atom. The van der Waals surface area contributed by atoms with Crippen LogP contribution >= 0.6 is 11.6 Å². The van der Waals surface area contributed by atoms with Gasteiger partial charge in [-0.2, -0.15) is 5.26 Å². The average molecular weight is 251 g/mol. The second kappa shape index (κ2) is 4.56. The molecule has 1 aliphatic carbocycles. The molecule has 4 heteroatoms. The number of nitrogens with two attached hydrogens (primary N) is 1. The molecule has 17 heavy (non-hydrogen) atoms. The maximum atomic E-state index is 9.26. The summed E-state index contributed by atoms with van der Waals surface area (Å²) in [4.78, 5) is 0. The second-order valence-electron chi connectivity index (χ2n) is 4.49. The lowest BCUT2D eigenvalue weighted by Crippen LogP contribution is -2.39. The zero-order chi connectivity index (χ0) is 12.5. The number of ether oxygens (including phenoxy) is 1. The minimum atomic E-state index is -0.432. The van der Waals surface area contributed by atoms with Crippen molar-refractivity contribution in [2.75, 3.05) is 7.11 Å². The summed E-state index contributed by atoms with van der Waals surface area (Å²) in [5.41, 5.74) is 6.59. The van der Waals surface area contributed by atoms with Crippen LogP contribution in [-0.4, -0.2) is 7.11 Å². The van der Waals surface area contributed by atoms with Crippen LogP contribution in [0.2, 0.25) is 5.02 Å². The van der Waals surface area contributed by atoms with E-state index >= 15 is 0 Å². The van der Waals surface area contributed by atoms with Gasteiger partial charge in [0.1, 0.15) is 5.75 Å². The van der Waals surface area contributed by atoms with Gasteiger partial charge >= 0.3 is 0 Å². The van der Waals surface area contributed by atoms with Gasteiger partial charge in [0.25, 0.3) is 0 Å². The molecule has 0 saturated heterocycles. The Labute approximate surface area is 106 Å². The molecule has 2 N–H and O–H groups in total. The Hall–Kier alpha value is -1.24.